The van der Waals surface area contributed by atoms with Crippen LogP contribution in [-0.2, 0) is 4.79 Å². The number of likely N-dealkylation sites (tertiary alicyclic amines) is 1. The number of piperidine rings is 1. The molecule has 1 aliphatic heterocycles. The summed E-state index contributed by atoms with van der Waals surface area (Å²) in [5, 5.41) is 12.6. The molecule has 1 aromatic heterocycles. The van der Waals surface area contributed by atoms with E-state index in [1.54, 1.807) is 36.3 Å². The van der Waals surface area contributed by atoms with E-state index in [0.29, 0.717) is 33.8 Å². The molecule has 27 heavy (non-hydrogen) atoms. The minimum absolute atomic E-state index is 0.112. The number of rotatable bonds is 4. The molecule has 1 saturated carbocycles. The molecule has 1 aliphatic carbocycles. The largest absolute Gasteiger partial charge is 0.497 e. The van der Waals surface area contributed by atoms with Gasteiger partial charge in [-0.1, -0.05) is 0 Å². The van der Waals surface area contributed by atoms with Gasteiger partial charge in [-0.15, -0.1) is 0 Å². The molecule has 0 bridgehead atoms. The molecule has 1 N–H and O–H groups in total. The molecule has 7 nitrogen and oxygen atoms in total. The maximum absolute atomic E-state index is 12.7. The number of benzene rings is 1. The normalized spacial score (nSPS) is 22.9. The second-order valence-corrected chi connectivity index (χ2v) is 7.12. The molecule has 2 fully saturated rings. The first-order valence-corrected chi connectivity index (χ1v) is 8.96. The van der Waals surface area contributed by atoms with E-state index in [1.165, 1.54) is 0 Å². The van der Waals surface area contributed by atoms with Gasteiger partial charge in [0.15, 0.2) is 0 Å². The lowest BCUT2D eigenvalue weighted by Crippen LogP contribution is -2.44. The third-order valence-electron chi connectivity index (χ3n) is 5.33. The molecule has 138 valence electrons. The van der Waals surface area contributed by atoms with Crippen LogP contribution in [0.1, 0.15) is 28.9 Å². The number of amides is 2. The highest BCUT2D eigenvalue weighted by Crippen LogP contribution is 2.47. The average Bonchev–Trinajstić information content (AvgIpc) is 3.34. The summed E-state index contributed by atoms with van der Waals surface area (Å²) in [7, 11) is 1.58. The van der Waals surface area contributed by atoms with Gasteiger partial charge >= 0.3 is 0 Å². The molecule has 3 atom stereocenters. The molecule has 0 radical (unpaired) electrons. The monoisotopic (exact) mass is 364 g/mol. The van der Waals surface area contributed by atoms with Gasteiger partial charge in [-0.25, -0.2) is 0 Å². The number of aromatic nitrogens is 1. The van der Waals surface area contributed by atoms with Crippen LogP contribution in [0.2, 0.25) is 0 Å². The summed E-state index contributed by atoms with van der Waals surface area (Å²) in [5.74, 6) is 0.592. The number of ether oxygens (including phenoxy) is 1. The fourth-order valence-electron chi connectivity index (χ4n) is 3.93. The van der Waals surface area contributed by atoms with Gasteiger partial charge in [0.2, 0.25) is 5.91 Å². The molecule has 2 aromatic rings. The highest BCUT2D eigenvalue weighted by Gasteiger charge is 2.53. The van der Waals surface area contributed by atoms with E-state index in [2.05, 4.69) is 16.4 Å². The zero-order valence-corrected chi connectivity index (χ0v) is 15.2. The number of pyridine rings is 1. The van der Waals surface area contributed by atoms with Gasteiger partial charge in [0, 0.05) is 23.2 Å². The van der Waals surface area contributed by atoms with Crippen molar-refractivity contribution in [2.75, 3.05) is 13.7 Å². The lowest BCUT2D eigenvalue weighted by atomic mass is 10.1. The number of hydrogen-bond acceptors (Lipinski definition) is 5. The number of methoxy groups -OCH3 is 1. The van der Waals surface area contributed by atoms with Crippen LogP contribution in [0, 0.1) is 24.2 Å². The highest BCUT2D eigenvalue weighted by atomic mass is 16.5. The first kappa shape index (κ1) is 17.3. The van der Waals surface area contributed by atoms with Crippen LogP contribution in [0.4, 0.5) is 0 Å². The zero-order valence-electron chi connectivity index (χ0n) is 15.2. The lowest BCUT2D eigenvalue weighted by Gasteiger charge is -2.22. The molecule has 1 saturated heterocycles. The Hall–Kier alpha value is -3.14. The summed E-state index contributed by atoms with van der Waals surface area (Å²) in [6, 6.07) is 9.05. The standard InChI is InChI=1S/C20H20N4O3/c1-11-5-16(15-4-3-14(27-2)8-17(15)23-11)20(26)22-10-19(25)24-13(9-21)6-12-7-18(12)24/h3-5,8,12-13,18H,6-7,10H2,1-2H3,(H,22,26)/t12-,13+,18+/m1/s1. The maximum Gasteiger partial charge on any atom is 0.252 e. The topological polar surface area (TPSA) is 95.3 Å². The van der Waals surface area contributed by atoms with Crippen molar-refractivity contribution < 1.29 is 14.3 Å². The van der Waals surface area contributed by atoms with E-state index >= 15 is 0 Å². The summed E-state index contributed by atoms with van der Waals surface area (Å²) < 4.78 is 5.22. The SMILES string of the molecule is COc1ccc2c(C(=O)NCC(=O)N3[C@H](C#N)C[C@@H]4C[C@@H]43)cc(C)nc2c1. The average molecular weight is 364 g/mol. The Labute approximate surface area is 156 Å². The minimum atomic E-state index is -0.366. The van der Waals surface area contributed by atoms with E-state index < -0.39 is 0 Å². The van der Waals surface area contributed by atoms with Crippen molar-refractivity contribution in [3.63, 3.8) is 0 Å². The highest BCUT2D eigenvalue weighted by molar-refractivity contribution is 6.07. The number of fused-ring (bicyclic) bond motifs is 2. The first-order chi connectivity index (χ1) is 13.0. The molecule has 2 heterocycles. The number of carbonyl (C=O) groups is 2. The number of nitrogens with zero attached hydrogens (tertiary/aromatic N) is 3. The Morgan fingerprint density at radius 3 is 2.93 bits per heavy atom. The van der Waals surface area contributed by atoms with Crippen molar-refractivity contribution >= 4 is 22.7 Å². The Balaban J connectivity index is 1.51. The Bertz CT molecular complexity index is 981. The zero-order chi connectivity index (χ0) is 19.1. The predicted octanol–water partition coefficient (Wildman–Crippen LogP) is 1.79. The van der Waals surface area contributed by atoms with Crippen LogP contribution >= 0.6 is 0 Å². The van der Waals surface area contributed by atoms with Gasteiger partial charge in [-0.05, 0) is 43.9 Å². The predicted molar refractivity (Wildman–Crippen MR) is 98.1 cm³/mol. The Kier molecular flexibility index (Phi) is 4.19. The van der Waals surface area contributed by atoms with E-state index in [9.17, 15) is 14.9 Å². The number of hydrogen-bond donors (Lipinski definition) is 1. The number of nitrogens with one attached hydrogen (secondary N) is 1. The van der Waals surface area contributed by atoms with E-state index in [4.69, 9.17) is 4.74 Å². The maximum atomic E-state index is 12.7. The van der Waals surface area contributed by atoms with Crippen molar-refractivity contribution in [1.29, 1.82) is 5.26 Å². The third-order valence-corrected chi connectivity index (χ3v) is 5.33. The third kappa shape index (κ3) is 3.08. The fraction of sp³-hybridized carbons (Fsp3) is 0.400. The summed E-state index contributed by atoms with van der Waals surface area (Å²) in [5.41, 5.74) is 1.84. The summed E-state index contributed by atoms with van der Waals surface area (Å²) >= 11 is 0. The molecule has 2 amide bonds. The summed E-state index contributed by atoms with van der Waals surface area (Å²) in [6.07, 6.45) is 1.71. The van der Waals surface area contributed by atoms with E-state index in [1.807, 2.05) is 6.92 Å². The molecule has 1 aromatic carbocycles. The Morgan fingerprint density at radius 2 is 2.19 bits per heavy atom. The van der Waals surface area contributed by atoms with Crippen LogP contribution in [0.5, 0.6) is 5.75 Å². The van der Waals surface area contributed by atoms with Crippen LogP contribution in [0.15, 0.2) is 24.3 Å². The van der Waals surface area contributed by atoms with Crippen LogP contribution in [0.3, 0.4) is 0 Å². The lowest BCUT2D eigenvalue weighted by molar-refractivity contribution is -0.131. The van der Waals surface area contributed by atoms with Crippen LogP contribution in [-0.4, -0.2) is 47.4 Å². The first-order valence-electron chi connectivity index (χ1n) is 8.96. The van der Waals surface area contributed by atoms with E-state index in [0.717, 1.165) is 12.8 Å². The van der Waals surface area contributed by atoms with Crippen molar-refractivity contribution in [2.24, 2.45) is 5.92 Å². The number of nitriles is 1. The molecule has 0 unspecified atom stereocenters. The van der Waals surface area contributed by atoms with E-state index in [-0.39, 0.29) is 30.4 Å². The molecular formula is C20H20N4O3. The van der Waals surface area contributed by atoms with Gasteiger partial charge in [0.25, 0.3) is 5.91 Å². The molecule has 7 heteroatoms. The van der Waals surface area contributed by atoms with Crippen molar-refractivity contribution in [1.82, 2.24) is 15.2 Å². The van der Waals surface area contributed by atoms with Crippen LogP contribution < -0.4 is 10.1 Å². The molecular weight excluding hydrogens is 344 g/mol. The number of carbonyl (C=O) groups excluding carboxylic acids is 2. The molecule has 0 spiro atoms. The van der Waals surface area contributed by atoms with Crippen molar-refractivity contribution in [2.45, 2.75) is 31.8 Å². The second kappa shape index (κ2) is 6.54. The fourth-order valence-corrected chi connectivity index (χ4v) is 3.93. The van der Waals surface area contributed by atoms with Gasteiger partial charge < -0.3 is 15.0 Å². The van der Waals surface area contributed by atoms with Crippen LogP contribution in [0.25, 0.3) is 10.9 Å². The summed E-state index contributed by atoms with van der Waals surface area (Å²) in [4.78, 5) is 31.3. The second-order valence-electron chi connectivity index (χ2n) is 7.12. The molecule has 2 aliphatic rings. The smallest absolute Gasteiger partial charge is 0.252 e. The van der Waals surface area contributed by atoms with Gasteiger partial charge in [0.05, 0.1) is 30.8 Å². The number of aryl methyl sites for hydroxylation is 1. The van der Waals surface area contributed by atoms with Gasteiger partial charge in [0.1, 0.15) is 11.8 Å². The van der Waals surface area contributed by atoms with Crippen molar-refractivity contribution in [3.8, 4) is 11.8 Å². The van der Waals surface area contributed by atoms with Gasteiger partial charge in [-0.3, -0.25) is 14.6 Å². The minimum Gasteiger partial charge on any atom is -0.497 e. The summed E-state index contributed by atoms with van der Waals surface area (Å²) in [6.45, 7) is 1.70. The quantitative estimate of drug-likeness (QED) is 0.892. The molecule has 4 rings (SSSR count). The van der Waals surface area contributed by atoms with Crippen molar-refractivity contribution in [3.05, 3.63) is 35.5 Å². The van der Waals surface area contributed by atoms with Gasteiger partial charge in [-0.2, -0.15) is 5.26 Å². The Morgan fingerprint density at radius 1 is 1.37 bits per heavy atom.